The fraction of sp³-hybridized carbons (Fsp3) is 0.278. The number of urea groups is 1. The van der Waals surface area contributed by atoms with E-state index in [2.05, 4.69) is 10.6 Å². The molecule has 3 amide bonds. The van der Waals surface area contributed by atoms with Crippen molar-refractivity contribution >= 4 is 40.3 Å². The highest BCUT2D eigenvalue weighted by atomic mass is 35.5. The molecule has 0 spiro atoms. The Labute approximate surface area is 154 Å². The van der Waals surface area contributed by atoms with E-state index in [0.29, 0.717) is 10.8 Å². The van der Waals surface area contributed by atoms with Gasteiger partial charge in [-0.1, -0.05) is 35.9 Å². The molecule has 0 heterocycles. The van der Waals surface area contributed by atoms with Crippen molar-refractivity contribution in [3.63, 3.8) is 0 Å². The first-order valence-corrected chi connectivity index (χ1v) is 8.47. The second kappa shape index (κ2) is 8.05. The van der Waals surface area contributed by atoms with E-state index in [9.17, 15) is 14.4 Å². The third-order valence-electron chi connectivity index (χ3n) is 3.71. The predicted octanol–water partition coefficient (Wildman–Crippen LogP) is 2.40. The fourth-order valence-corrected chi connectivity index (χ4v) is 2.52. The Bertz CT molecular complexity index is 851. The molecule has 0 saturated heterocycles. The number of imide groups is 1. The molecule has 2 aromatic rings. The van der Waals surface area contributed by atoms with Gasteiger partial charge >= 0.3 is 12.0 Å². The van der Waals surface area contributed by atoms with E-state index in [4.69, 9.17) is 21.1 Å². The molecule has 0 unspecified atom stereocenters. The van der Waals surface area contributed by atoms with Crippen molar-refractivity contribution in [1.29, 1.82) is 0 Å². The van der Waals surface area contributed by atoms with Gasteiger partial charge in [0, 0.05) is 21.8 Å². The first kappa shape index (κ1) is 18.0. The van der Waals surface area contributed by atoms with Crippen LogP contribution in [0.25, 0.3) is 10.8 Å². The standard InChI is InChI=1S/C18H17ClN2O5/c19-14-7-8-15(13-4-2-1-3-12(13)14)25-10-17(23)26-9-16(22)21-18(24)20-11-5-6-11/h1-4,7-8,11H,5-6,9-10H2,(H2,20,21,22,24). The van der Waals surface area contributed by atoms with Crippen LogP contribution in [-0.4, -0.2) is 37.2 Å². The molecule has 0 radical (unpaired) electrons. The highest BCUT2D eigenvalue weighted by Gasteiger charge is 2.24. The van der Waals surface area contributed by atoms with Crippen LogP contribution in [0.2, 0.25) is 5.02 Å². The van der Waals surface area contributed by atoms with Gasteiger partial charge in [-0.3, -0.25) is 10.1 Å². The van der Waals surface area contributed by atoms with E-state index in [0.717, 1.165) is 23.6 Å². The summed E-state index contributed by atoms with van der Waals surface area (Å²) in [5.74, 6) is -0.939. The Morgan fingerprint density at radius 1 is 1.04 bits per heavy atom. The number of nitrogens with one attached hydrogen (secondary N) is 2. The highest BCUT2D eigenvalue weighted by Crippen LogP contribution is 2.31. The predicted molar refractivity (Wildman–Crippen MR) is 95.1 cm³/mol. The maximum absolute atomic E-state index is 11.7. The van der Waals surface area contributed by atoms with Gasteiger partial charge in [0.25, 0.3) is 5.91 Å². The second-order valence-corrected chi connectivity index (χ2v) is 6.24. The maximum Gasteiger partial charge on any atom is 0.344 e. The number of hydrogen-bond acceptors (Lipinski definition) is 5. The van der Waals surface area contributed by atoms with Gasteiger partial charge in [0.05, 0.1) is 0 Å². The van der Waals surface area contributed by atoms with Crippen LogP contribution in [0.5, 0.6) is 5.75 Å². The fourth-order valence-electron chi connectivity index (χ4n) is 2.30. The number of fused-ring (bicyclic) bond motifs is 1. The van der Waals surface area contributed by atoms with E-state index in [1.165, 1.54) is 0 Å². The number of halogens is 1. The number of ether oxygens (including phenoxy) is 2. The quantitative estimate of drug-likeness (QED) is 0.755. The van der Waals surface area contributed by atoms with Crippen LogP contribution >= 0.6 is 11.6 Å². The Morgan fingerprint density at radius 3 is 2.50 bits per heavy atom. The minimum absolute atomic E-state index is 0.132. The summed E-state index contributed by atoms with van der Waals surface area (Å²) in [5.41, 5.74) is 0. The number of carbonyl (C=O) groups excluding carboxylic acids is 3. The molecule has 1 saturated carbocycles. The molecule has 1 aliphatic rings. The Hall–Kier alpha value is -2.80. The van der Waals surface area contributed by atoms with Crippen molar-refractivity contribution in [3.05, 3.63) is 41.4 Å². The summed E-state index contributed by atoms with van der Waals surface area (Å²) < 4.78 is 10.3. The van der Waals surface area contributed by atoms with Gasteiger partial charge in [-0.25, -0.2) is 9.59 Å². The van der Waals surface area contributed by atoms with Crippen LogP contribution in [0.15, 0.2) is 36.4 Å². The zero-order chi connectivity index (χ0) is 18.5. The number of benzene rings is 2. The molecule has 0 atom stereocenters. The molecule has 1 aliphatic carbocycles. The van der Waals surface area contributed by atoms with Gasteiger partial charge in [-0.2, -0.15) is 0 Å². The monoisotopic (exact) mass is 376 g/mol. The van der Waals surface area contributed by atoms with Gasteiger partial charge in [0.1, 0.15) is 5.75 Å². The first-order chi connectivity index (χ1) is 12.5. The van der Waals surface area contributed by atoms with Crippen LogP contribution < -0.4 is 15.4 Å². The minimum atomic E-state index is -0.721. The molecule has 0 aliphatic heterocycles. The molecule has 8 heteroatoms. The smallest absolute Gasteiger partial charge is 0.344 e. The zero-order valence-electron chi connectivity index (χ0n) is 13.8. The summed E-state index contributed by atoms with van der Waals surface area (Å²) in [4.78, 5) is 34.7. The number of amides is 3. The summed E-state index contributed by atoms with van der Waals surface area (Å²) in [6.45, 7) is -0.922. The van der Waals surface area contributed by atoms with Crippen molar-refractivity contribution < 1.29 is 23.9 Å². The summed E-state index contributed by atoms with van der Waals surface area (Å²) in [6, 6.07) is 10.2. The largest absolute Gasteiger partial charge is 0.481 e. The van der Waals surface area contributed by atoms with Crippen molar-refractivity contribution in [2.75, 3.05) is 13.2 Å². The number of rotatable bonds is 6. The van der Waals surface area contributed by atoms with E-state index in [1.54, 1.807) is 12.1 Å². The summed E-state index contributed by atoms with van der Waals surface area (Å²) in [7, 11) is 0. The van der Waals surface area contributed by atoms with Crippen molar-refractivity contribution in [1.82, 2.24) is 10.6 Å². The first-order valence-electron chi connectivity index (χ1n) is 8.09. The molecule has 2 aromatic carbocycles. The lowest BCUT2D eigenvalue weighted by Crippen LogP contribution is -2.42. The molecular formula is C18H17ClN2O5. The van der Waals surface area contributed by atoms with Crippen molar-refractivity contribution in [3.8, 4) is 5.75 Å². The molecular weight excluding hydrogens is 360 g/mol. The van der Waals surface area contributed by atoms with Crippen LogP contribution in [0.1, 0.15) is 12.8 Å². The second-order valence-electron chi connectivity index (χ2n) is 5.84. The third kappa shape index (κ3) is 4.86. The Kier molecular flexibility index (Phi) is 5.58. The number of carbonyl (C=O) groups is 3. The van der Waals surface area contributed by atoms with E-state index >= 15 is 0 Å². The van der Waals surface area contributed by atoms with Crippen molar-refractivity contribution in [2.24, 2.45) is 0 Å². The molecule has 7 nitrogen and oxygen atoms in total. The minimum Gasteiger partial charge on any atom is -0.481 e. The van der Waals surface area contributed by atoms with Crippen LogP contribution in [0, 0.1) is 0 Å². The molecule has 136 valence electrons. The third-order valence-corrected chi connectivity index (χ3v) is 4.04. The SMILES string of the molecule is O=C(COC(=O)COc1ccc(Cl)c2ccccc12)NC(=O)NC1CC1. The number of esters is 1. The zero-order valence-corrected chi connectivity index (χ0v) is 14.5. The summed E-state index contributed by atoms with van der Waals surface area (Å²) in [5, 5.41) is 6.84. The molecule has 0 bridgehead atoms. The van der Waals surface area contributed by atoms with Gasteiger partial charge in [-0.15, -0.1) is 0 Å². The molecule has 1 fully saturated rings. The highest BCUT2D eigenvalue weighted by molar-refractivity contribution is 6.35. The average Bonchev–Trinajstić information content (AvgIpc) is 3.43. The van der Waals surface area contributed by atoms with Crippen LogP contribution in [0.4, 0.5) is 4.79 Å². The molecule has 0 aromatic heterocycles. The molecule has 2 N–H and O–H groups in total. The van der Waals surface area contributed by atoms with Gasteiger partial charge in [-0.05, 0) is 25.0 Å². The lowest BCUT2D eigenvalue weighted by atomic mass is 10.1. The lowest BCUT2D eigenvalue weighted by molar-refractivity contribution is -0.150. The lowest BCUT2D eigenvalue weighted by Gasteiger charge is -2.10. The summed E-state index contributed by atoms with van der Waals surface area (Å²) in [6.07, 6.45) is 1.82. The average molecular weight is 377 g/mol. The normalized spacial score (nSPS) is 13.1. The Balaban J connectivity index is 1.46. The molecule has 26 heavy (non-hydrogen) atoms. The van der Waals surface area contributed by atoms with Crippen LogP contribution in [-0.2, 0) is 14.3 Å². The van der Waals surface area contributed by atoms with Gasteiger partial charge in [0.2, 0.25) is 0 Å². The van der Waals surface area contributed by atoms with Crippen LogP contribution in [0.3, 0.4) is 0 Å². The summed E-state index contributed by atoms with van der Waals surface area (Å²) >= 11 is 6.13. The van der Waals surface area contributed by atoms with Gasteiger partial charge in [0.15, 0.2) is 13.2 Å². The molecule has 3 rings (SSSR count). The van der Waals surface area contributed by atoms with Crippen molar-refractivity contribution in [2.45, 2.75) is 18.9 Å². The van der Waals surface area contributed by atoms with E-state index in [1.807, 2.05) is 24.3 Å². The van der Waals surface area contributed by atoms with E-state index in [-0.39, 0.29) is 12.6 Å². The topological polar surface area (TPSA) is 93.7 Å². The Morgan fingerprint density at radius 2 is 1.77 bits per heavy atom. The number of hydrogen-bond donors (Lipinski definition) is 2. The van der Waals surface area contributed by atoms with E-state index < -0.39 is 24.5 Å². The van der Waals surface area contributed by atoms with Gasteiger partial charge < -0.3 is 14.8 Å². The maximum atomic E-state index is 11.7.